The molecular formula is C24H23F2N5O2S. The van der Waals surface area contributed by atoms with E-state index in [2.05, 4.69) is 15.3 Å². The van der Waals surface area contributed by atoms with E-state index < -0.39 is 23.1 Å². The van der Waals surface area contributed by atoms with Gasteiger partial charge in [-0.25, -0.2) is 13.5 Å². The molecule has 3 heterocycles. The molecule has 1 aliphatic rings. The standard InChI is InChI=1S/C24H23F2N5O2S/c1-14-21-22(31(29-14)16-6-8-17(33-2)9-7-16)28-24(34-21)30-12-10-15(11-13-30)27-23(32)20-18(25)4-3-5-19(20)26/h3-9,15H,10-13H2,1-2H3,(H,27,32). The lowest BCUT2D eigenvalue weighted by Gasteiger charge is -2.32. The van der Waals surface area contributed by atoms with Crippen molar-refractivity contribution in [3.05, 3.63) is 65.4 Å². The minimum atomic E-state index is -0.856. The van der Waals surface area contributed by atoms with Crippen molar-refractivity contribution in [3.63, 3.8) is 0 Å². The Labute approximate surface area is 199 Å². The molecule has 0 spiro atoms. The number of carbonyl (C=O) groups is 1. The molecule has 7 nitrogen and oxygen atoms in total. The van der Waals surface area contributed by atoms with Gasteiger partial charge in [0.05, 0.1) is 23.2 Å². The monoisotopic (exact) mass is 483 g/mol. The van der Waals surface area contributed by atoms with Gasteiger partial charge in [-0.1, -0.05) is 17.4 Å². The summed E-state index contributed by atoms with van der Waals surface area (Å²) in [6.07, 6.45) is 1.31. The van der Waals surface area contributed by atoms with Crippen molar-refractivity contribution in [3.8, 4) is 11.4 Å². The van der Waals surface area contributed by atoms with Crippen LogP contribution < -0.4 is 15.0 Å². The number of thiazole rings is 1. The number of rotatable bonds is 5. The average Bonchev–Trinajstić information content (AvgIpc) is 3.40. The molecule has 0 bridgehead atoms. The highest BCUT2D eigenvalue weighted by Crippen LogP contribution is 2.34. The number of halogens is 2. The smallest absolute Gasteiger partial charge is 0.257 e. The van der Waals surface area contributed by atoms with Crippen LogP contribution in [0.15, 0.2) is 42.5 Å². The molecule has 0 aliphatic carbocycles. The van der Waals surface area contributed by atoms with E-state index >= 15 is 0 Å². The minimum Gasteiger partial charge on any atom is -0.497 e. The Morgan fingerprint density at radius 3 is 2.44 bits per heavy atom. The maximum atomic E-state index is 13.9. The number of nitrogens with one attached hydrogen (secondary N) is 1. The van der Waals surface area contributed by atoms with Crippen molar-refractivity contribution in [1.82, 2.24) is 20.1 Å². The fourth-order valence-electron chi connectivity index (χ4n) is 4.15. The third kappa shape index (κ3) is 4.09. The van der Waals surface area contributed by atoms with Crippen molar-refractivity contribution in [2.45, 2.75) is 25.8 Å². The Hall–Kier alpha value is -3.53. The zero-order chi connectivity index (χ0) is 23.8. The number of amides is 1. The Bertz CT molecular complexity index is 1320. The predicted octanol–water partition coefficient (Wildman–Crippen LogP) is 4.48. The SMILES string of the molecule is COc1ccc(-n2nc(C)c3sc(N4CCC(NC(=O)c5c(F)cccc5F)CC4)nc32)cc1. The highest BCUT2D eigenvalue weighted by molar-refractivity contribution is 7.22. The van der Waals surface area contributed by atoms with Crippen LogP contribution in [0, 0.1) is 18.6 Å². The van der Waals surface area contributed by atoms with Gasteiger partial charge in [0, 0.05) is 19.1 Å². The van der Waals surface area contributed by atoms with Crippen LogP contribution in [0.25, 0.3) is 16.0 Å². The van der Waals surface area contributed by atoms with E-state index in [1.54, 1.807) is 18.4 Å². The van der Waals surface area contributed by atoms with E-state index in [-0.39, 0.29) is 6.04 Å². The van der Waals surface area contributed by atoms with E-state index in [0.29, 0.717) is 25.9 Å². The molecular weight excluding hydrogens is 460 g/mol. The first kappa shape index (κ1) is 22.3. The number of aryl methyl sites for hydroxylation is 1. The van der Waals surface area contributed by atoms with Gasteiger partial charge in [0.25, 0.3) is 5.91 Å². The highest BCUT2D eigenvalue weighted by Gasteiger charge is 2.26. The van der Waals surface area contributed by atoms with E-state index in [4.69, 9.17) is 9.72 Å². The van der Waals surface area contributed by atoms with Crippen LogP contribution in [0.3, 0.4) is 0 Å². The number of carbonyl (C=O) groups excluding carboxylic acids is 1. The summed E-state index contributed by atoms with van der Waals surface area (Å²) in [4.78, 5) is 19.4. The first-order valence-electron chi connectivity index (χ1n) is 10.9. The largest absolute Gasteiger partial charge is 0.497 e. The maximum Gasteiger partial charge on any atom is 0.257 e. The first-order valence-corrected chi connectivity index (χ1v) is 11.8. The number of benzene rings is 2. The van der Waals surface area contributed by atoms with Crippen LogP contribution in [0.5, 0.6) is 5.75 Å². The highest BCUT2D eigenvalue weighted by atomic mass is 32.1. The number of ether oxygens (including phenoxy) is 1. The van der Waals surface area contributed by atoms with Gasteiger partial charge >= 0.3 is 0 Å². The van der Waals surface area contributed by atoms with Gasteiger partial charge in [0.15, 0.2) is 10.8 Å². The lowest BCUT2D eigenvalue weighted by atomic mass is 10.0. The molecule has 1 aliphatic heterocycles. The molecule has 2 aromatic heterocycles. The molecule has 0 radical (unpaired) electrons. The number of methoxy groups -OCH3 is 1. The molecule has 5 rings (SSSR count). The second-order valence-corrected chi connectivity index (χ2v) is 9.15. The lowest BCUT2D eigenvalue weighted by Crippen LogP contribution is -2.45. The molecule has 10 heteroatoms. The zero-order valence-corrected chi connectivity index (χ0v) is 19.5. The van der Waals surface area contributed by atoms with Crippen LogP contribution >= 0.6 is 11.3 Å². The third-order valence-corrected chi connectivity index (χ3v) is 7.20. The summed E-state index contributed by atoms with van der Waals surface area (Å²) >= 11 is 1.59. The van der Waals surface area contributed by atoms with Crippen LogP contribution in [-0.2, 0) is 0 Å². The van der Waals surface area contributed by atoms with E-state index in [9.17, 15) is 13.6 Å². The first-order chi connectivity index (χ1) is 16.4. The summed E-state index contributed by atoms with van der Waals surface area (Å²) < 4.78 is 35.9. The van der Waals surface area contributed by atoms with Gasteiger partial charge in [-0.05, 0) is 56.2 Å². The molecule has 4 aromatic rings. The molecule has 0 atom stereocenters. The van der Waals surface area contributed by atoms with Gasteiger partial charge in [0.1, 0.15) is 22.9 Å². The molecule has 1 fully saturated rings. The normalized spacial score (nSPS) is 14.5. The topological polar surface area (TPSA) is 72.3 Å². The van der Waals surface area contributed by atoms with E-state index in [1.165, 1.54) is 6.07 Å². The Kier molecular flexibility index (Phi) is 5.91. The predicted molar refractivity (Wildman–Crippen MR) is 127 cm³/mol. The molecule has 176 valence electrons. The molecule has 2 aromatic carbocycles. The van der Waals surface area contributed by atoms with Crippen LogP contribution in [0.4, 0.5) is 13.9 Å². The van der Waals surface area contributed by atoms with Crippen LogP contribution in [-0.4, -0.2) is 46.9 Å². The number of hydrogen-bond acceptors (Lipinski definition) is 6. The summed E-state index contributed by atoms with van der Waals surface area (Å²) in [7, 11) is 1.63. The number of aromatic nitrogens is 3. The maximum absolute atomic E-state index is 13.9. The molecule has 0 saturated carbocycles. The van der Waals surface area contributed by atoms with Gasteiger partial charge < -0.3 is 15.0 Å². The average molecular weight is 484 g/mol. The van der Waals surface area contributed by atoms with Crippen molar-refractivity contribution in [2.75, 3.05) is 25.1 Å². The molecule has 1 amide bonds. The summed E-state index contributed by atoms with van der Waals surface area (Å²) in [6, 6.07) is 10.9. The van der Waals surface area contributed by atoms with Gasteiger partial charge in [-0.2, -0.15) is 10.1 Å². The quantitative estimate of drug-likeness (QED) is 0.453. The molecule has 1 N–H and O–H groups in total. The molecule has 1 saturated heterocycles. The second-order valence-electron chi connectivity index (χ2n) is 8.18. The van der Waals surface area contributed by atoms with Crippen LogP contribution in [0.1, 0.15) is 28.9 Å². The van der Waals surface area contributed by atoms with Crippen molar-refractivity contribution in [2.24, 2.45) is 0 Å². The zero-order valence-electron chi connectivity index (χ0n) is 18.7. The van der Waals surface area contributed by atoms with Gasteiger partial charge in [-0.15, -0.1) is 0 Å². The van der Waals surface area contributed by atoms with Crippen molar-refractivity contribution < 1.29 is 18.3 Å². The summed E-state index contributed by atoms with van der Waals surface area (Å²) in [5.74, 6) is -1.66. The summed E-state index contributed by atoms with van der Waals surface area (Å²) in [5.41, 5.74) is 2.07. The van der Waals surface area contributed by atoms with E-state index in [1.807, 2.05) is 35.9 Å². The Morgan fingerprint density at radius 1 is 1.12 bits per heavy atom. The third-order valence-electron chi connectivity index (χ3n) is 5.98. The van der Waals surface area contributed by atoms with Crippen molar-refractivity contribution in [1.29, 1.82) is 0 Å². The lowest BCUT2D eigenvalue weighted by molar-refractivity contribution is 0.0922. The number of fused-ring (bicyclic) bond motifs is 1. The fraction of sp³-hybridized carbons (Fsp3) is 0.292. The molecule has 34 heavy (non-hydrogen) atoms. The van der Waals surface area contributed by atoms with Crippen LogP contribution in [0.2, 0.25) is 0 Å². The number of anilines is 1. The van der Waals surface area contributed by atoms with Gasteiger partial charge in [0.2, 0.25) is 0 Å². The van der Waals surface area contributed by atoms with Gasteiger partial charge in [-0.3, -0.25) is 4.79 Å². The Morgan fingerprint density at radius 2 is 1.79 bits per heavy atom. The molecule has 0 unspecified atom stereocenters. The number of nitrogens with zero attached hydrogens (tertiary/aromatic N) is 4. The Balaban J connectivity index is 1.29. The number of hydrogen-bond donors (Lipinski definition) is 1. The van der Waals surface area contributed by atoms with E-state index in [0.717, 1.165) is 44.7 Å². The van der Waals surface area contributed by atoms with Crippen molar-refractivity contribution >= 4 is 32.7 Å². The number of piperidine rings is 1. The fourth-order valence-corrected chi connectivity index (χ4v) is 5.19. The second kappa shape index (κ2) is 9.02. The summed E-state index contributed by atoms with van der Waals surface area (Å²) in [5, 5.41) is 8.31. The summed E-state index contributed by atoms with van der Waals surface area (Å²) in [6.45, 7) is 3.32. The minimum absolute atomic E-state index is 0.159.